The van der Waals surface area contributed by atoms with E-state index in [0.717, 1.165) is 5.56 Å². The molecule has 0 fully saturated rings. The lowest BCUT2D eigenvalue weighted by atomic mass is 10.0. The van der Waals surface area contributed by atoms with E-state index in [0.29, 0.717) is 23.6 Å². The predicted octanol–water partition coefficient (Wildman–Crippen LogP) is 2.17. The van der Waals surface area contributed by atoms with Crippen LogP contribution in [0.4, 0.5) is 0 Å². The minimum Gasteiger partial charge on any atom is -0.496 e. The molecule has 6 heteroatoms. The van der Waals surface area contributed by atoms with E-state index in [2.05, 4.69) is 0 Å². The first-order valence-electron chi connectivity index (χ1n) is 5.60. The first-order chi connectivity index (χ1) is 8.33. The lowest BCUT2D eigenvalue weighted by Crippen LogP contribution is -2.13. The molecule has 0 aliphatic rings. The highest BCUT2D eigenvalue weighted by molar-refractivity contribution is 7.90. The van der Waals surface area contributed by atoms with Gasteiger partial charge < -0.3 is 10.5 Å². The number of ether oxygens (including phenoxy) is 1. The molecule has 0 amide bonds. The Morgan fingerprint density at radius 2 is 2.11 bits per heavy atom. The van der Waals surface area contributed by atoms with Gasteiger partial charge in [0.05, 0.1) is 7.11 Å². The predicted molar refractivity (Wildman–Crippen MR) is 73.9 cm³/mol. The maximum Gasteiger partial charge on any atom is 0.147 e. The summed E-state index contributed by atoms with van der Waals surface area (Å²) in [6.07, 6.45) is 2.32. The number of rotatable bonds is 6. The maximum absolute atomic E-state index is 11.0. The van der Waals surface area contributed by atoms with Crippen LogP contribution in [0.3, 0.4) is 0 Å². The number of hydrogen-bond acceptors (Lipinski definition) is 4. The number of sulfone groups is 1. The van der Waals surface area contributed by atoms with Crippen LogP contribution in [0.25, 0.3) is 0 Å². The summed E-state index contributed by atoms with van der Waals surface area (Å²) in [4.78, 5) is 0. The van der Waals surface area contributed by atoms with Gasteiger partial charge in [0.25, 0.3) is 0 Å². The van der Waals surface area contributed by atoms with Crippen LogP contribution in [-0.2, 0) is 9.84 Å². The Morgan fingerprint density at radius 1 is 1.44 bits per heavy atom. The van der Waals surface area contributed by atoms with Crippen LogP contribution in [0.2, 0.25) is 5.02 Å². The van der Waals surface area contributed by atoms with Gasteiger partial charge in [-0.2, -0.15) is 0 Å². The molecule has 4 nitrogen and oxygen atoms in total. The van der Waals surface area contributed by atoms with Gasteiger partial charge in [0.2, 0.25) is 0 Å². The zero-order valence-corrected chi connectivity index (χ0v) is 12.1. The fourth-order valence-electron chi connectivity index (χ4n) is 1.72. The summed E-state index contributed by atoms with van der Waals surface area (Å²) in [7, 11) is -1.37. The lowest BCUT2D eigenvalue weighted by Gasteiger charge is -2.15. The van der Waals surface area contributed by atoms with E-state index in [1.165, 1.54) is 6.26 Å². The quantitative estimate of drug-likeness (QED) is 0.872. The highest BCUT2D eigenvalue weighted by Crippen LogP contribution is 2.29. The Kier molecular flexibility index (Phi) is 5.44. The van der Waals surface area contributed by atoms with Crippen LogP contribution < -0.4 is 10.5 Å². The summed E-state index contributed by atoms with van der Waals surface area (Å²) in [6.45, 7) is 0. The summed E-state index contributed by atoms with van der Waals surface area (Å²) in [5.74, 6) is 0.815. The SMILES string of the molecule is COc1ccc(Cl)cc1C(N)CCCS(C)(=O)=O. The number of halogens is 1. The van der Waals surface area contributed by atoms with Crippen molar-refractivity contribution in [2.24, 2.45) is 5.73 Å². The maximum atomic E-state index is 11.0. The summed E-state index contributed by atoms with van der Waals surface area (Å²) in [5, 5.41) is 0.587. The molecule has 0 heterocycles. The molecule has 2 N–H and O–H groups in total. The minimum absolute atomic E-state index is 0.142. The van der Waals surface area contributed by atoms with Crippen molar-refractivity contribution in [2.75, 3.05) is 19.1 Å². The van der Waals surface area contributed by atoms with Crippen LogP contribution in [-0.4, -0.2) is 27.5 Å². The summed E-state index contributed by atoms with van der Waals surface area (Å²) < 4.78 is 27.3. The fraction of sp³-hybridized carbons (Fsp3) is 0.500. The van der Waals surface area contributed by atoms with E-state index in [4.69, 9.17) is 22.1 Å². The van der Waals surface area contributed by atoms with Crippen LogP contribution in [0.1, 0.15) is 24.4 Å². The molecular weight excluding hydrogens is 274 g/mol. The lowest BCUT2D eigenvalue weighted by molar-refractivity contribution is 0.404. The third-order valence-electron chi connectivity index (χ3n) is 2.62. The largest absolute Gasteiger partial charge is 0.496 e. The minimum atomic E-state index is -2.94. The molecule has 0 aromatic heterocycles. The molecule has 102 valence electrons. The molecule has 0 bridgehead atoms. The zero-order chi connectivity index (χ0) is 13.8. The highest BCUT2D eigenvalue weighted by atomic mass is 35.5. The number of methoxy groups -OCH3 is 1. The second-order valence-electron chi connectivity index (χ2n) is 4.26. The van der Waals surface area contributed by atoms with Gasteiger partial charge in [0.1, 0.15) is 15.6 Å². The monoisotopic (exact) mass is 291 g/mol. The van der Waals surface area contributed by atoms with Gasteiger partial charge in [-0.3, -0.25) is 0 Å². The normalized spacial score (nSPS) is 13.3. The second-order valence-corrected chi connectivity index (χ2v) is 6.96. The molecular formula is C12H18ClNO3S. The van der Waals surface area contributed by atoms with Crippen molar-refractivity contribution in [1.82, 2.24) is 0 Å². The topological polar surface area (TPSA) is 69.4 Å². The molecule has 1 aromatic rings. The Morgan fingerprint density at radius 3 is 2.67 bits per heavy atom. The van der Waals surface area contributed by atoms with Gasteiger partial charge in [-0.1, -0.05) is 11.6 Å². The molecule has 0 spiro atoms. The first-order valence-corrected chi connectivity index (χ1v) is 8.04. The van der Waals surface area contributed by atoms with E-state index >= 15 is 0 Å². The smallest absolute Gasteiger partial charge is 0.147 e. The number of benzene rings is 1. The number of nitrogens with two attached hydrogens (primary N) is 1. The third kappa shape index (κ3) is 4.84. The Hall–Kier alpha value is -0.780. The fourth-order valence-corrected chi connectivity index (χ4v) is 2.59. The molecule has 1 rings (SSSR count). The molecule has 0 aliphatic carbocycles. The molecule has 0 saturated heterocycles. The van der Waals surface area contributed by atoms with Crippen molar-refractivity contribution in [1.29, 1.82) is 0 Å². The van der Waals surface area contributed by atoms with E-state index in [-0.39, 0.29) is 11.8 Å². The summed E-state index contributed by atoms with van der Waals surface area (Å²) in [5.41, 5.74) is 6.84. The van der Waals surface area contributed by atoms with E-state index in [9.17, 15) is 8.42 Å². The van der Waals surface area contributed by atoms with Crippen LogP contribution in [0, 0.1) is 0 Å². The molecule has 18 heavy (non-hydrogen) atoms. The Labute approximate surface area is 113 Å². The third-order valence-corrected chi connectivity index (χ3v) is 3.89. The Balaban J connectivity index is 2.71. The average molecular weight is 292 g/mol. The van der Waals surface area contributed by atoms with E-state index in [1.807, 2.05) is 0 Å². The van der Waals surface area contributed by atoms with Crippen LogP contribution in [0.5, 0.6) is 5.75 Å². The van der Waals surface area contributed by atoms with Crippen LogP contribution in [0.15, 0.2) is 18.2 Å². The van der Waals surface area contributed by atoms with Crippen molar-refractivity contribution in [3.05, 3.63) is 28.8 Å². The molecule has 0 aliphatic heterocycles. The van der Waals surface area contributed by atoms with Crippen molar-refractivity contribution in [3.8, 4) is 5.75 Å². The highest BCUT2D eigenvalue weighted by Gasteiger charge is 2.13. The van der Waals surface area contributed by atoms with Crippen molar-refractivity contribution >= 4 is 21.4 Å². The standard InChI is InChI=1S/C12H18ClNO3S/c1-17-12-6-5-9(13)8-10(12)11(14)4-3-7-18(2,15)16/h5-6,8,11H,3-4,7,14H2,1-2H3. The van der Waals surface area contributed by atoms with Crippen molar-refractivity contribution in [3.63, 3.8) is 0 Å². The van der Waals surface area contributed by atoms with Crippen LogP contribution >= 0.6 is 11.6 Å². The van der Waals surface area contributed by atoms with Crippen molar-refractivity contribution in [2.45, 2.75) is 18.9 Å². The molecule has 0 radical (unpaired) electrons. The summed E-state index contributed by atoms with van der Waals surface area (Å²) in [6, 6.07) is 4.97. The molecule has 1 aromatic carbocycles. The van der Waals surface area contributed by atoms with Gasteiger partial charge >= 0.3 is 0 Å². The van der Waals surface area contributed by atoms with E-state index in [1.54, 1.807) is 25.3 Å². The average Bonchev–Trinajstić information content (AvgIpc) is 2.27. The molecule has 1 atom stereocenters. The number of hydrogen-bond donors (Lipinski definition) is 1. The van der Waals surface area contributed by atoms with Crippen molar-refractivity contribution < 1.29 is 13.2 Å². The molecule has 0 saturated carbocycles. The van der Waals surface area contributed by atoms with E-state index < -0.39 is 9.84 Å². The van der Waals surface area contributed by atoms with Gasteiger partial charge in [0, 0.05) is 28.6 Å². The zero-order valence-electron chi connectivity index (χ0n) is 10.5. The summed E-state index contributed by atoms with van der Waals surface area (Å²) >= 11 is 5.92. The Bertz CT molecular complexity index is 502. The van der Waals surface area contributed by atoms with Gasteiger partial charge in [0.15, 0.2) is 0 Å². The molecule has 1 unspecified atom stereocenters. The first kappa shape index (κ1) is 15.3. The van der Waals surface area contributed by atoms with Gasteiger partial charge in [-0.05, 0) is 31.0 Å². The second kappa shape index (κ2) is 6.41. The van der Waals surface area contributed by atoms with Gasteiger partial charge in [-0.25, -0.2) is 8.42 Å². The van der Waals surface area contributed by atoms with Gasteiger partial charge in [-0.15, -0.1) is 0 Å².